The quantitative estimate of drug-likeness (QED) is 0.439. The fourth-order valence-corrected chi connectivity index (χ4v) is 0.216. The lowest BCUT2D eigenvalue weighted by molar-refractivity contribution is 0.717. The summed E-state index contributed by atoms with van der Waals surface area (Å²) in [4.78, 5) is 0. The first-order valence-corrected chi connectivity index (χ1v) is 1.61. The van der Waals surface area contributed by atoms with E-state index in [1.165, 1.54) is 6.34 Å². The molecule has 1 heterocycles. The lowest BCUT2D eigenvalue weighted by Gasteiger charge is -1.92. The van der Waals surface area contributed by atoms with Crippen LogP contribution in [0.4, 0.5) is 0 Å². The maximum absolute atomic E-state index is 3.54. The normalized spacial score (nSPS) is 17.3. The van der Waals surface area contributed by atoms with Gasteiger partial charge in [-0.3, -0.25) is 5.43 Å². The number of rotatable bonds is 0. The molecule has 0 spiro atoms. The molecule has 1 N–H and O–H groups in total. The van der Waals surface area contributed by atoms with Crippen LogP contribution in [0, 0.1) is 0 Å². The second kappa shape index (κ2) is 1.49. The van der Waals surface area contributed by atoms with E-state index >= 15 is 0 Å². The molecule has 0 aromatic heterocycles. The van der Waals surface area contributed by atoms with Crippen molar-refractivity contribution in [2.45, 2.75) is 0 Å². The van der Waals surface area contributed by atoms with Gasteiger partial charge in [-0.1, -0.05) is 0 Å². The highest BCUT2D eigenvalue weighted by atomic mass is 15.4. The number of hydrogen-bond donors (Lipinski definition) is 1. The first-order valence-electron chi connectivity index (χ1n) is 1.61. The molecule has 4 heteroatoms. The van der Waals surface area contributed by atoms with Crippen LogP contribution in [0.15, 0.2) is 15.3 Å². The standard InChI is InChI=1S/C2H4N4/c1-3-5-2-6-4-1/h1,5H,2H2. The van der Waals surface area contributed by atoms with Gasteiger partial charge in [0.05, 0.1) is 0 Å². The Morgan fingerprint density at radius 3 is 2.83 bits per heavy atom. The average Bonchev–Trinajstić information content (AvgIpc) is 1.72. The summed E-state index contributed by atoms with van der Waals surface area (Å²) in [6, 6.07) is 0. The topological polar surface area (TPSA) is 49.1 Å². The summed E-state index contributed by atoms with van der Waals surface area (Å²) in [5, 5.41) is 10.5. The smallest absolute Gasteiger partial charge is 0.157 e. The molecule has 0 aromatic carbocycles. The van der Waals surface area contributed by atoms with E-state index in [2.05, 4.69) is 20.8 Å². The first-order chi connectivity index (χ1) is 3.00. The largest absolute Gasteiger partial charge is 0.285 e. The third-order valence-electron chi connectivity index (χ3n) is 0.424. The van der Waals surface area contributed by atoms with Crippen LogP contribution in [-0.4, -0.2) is 13.0 Å². The van der Waals surface area contributed by atoms with Crippen molar-refractivity contribution in [3.05, 3.63) is 0 Å². The van der Waals surface area contributed by atoms with Gasteiger partial charge in [0.15, 0.2) is 6.34 Å². The molecule has 0 atom stereocenters. The van der Waals surface area contributed by atoms with Crippen LogP contribution in [-0.2, 0) is 0 Å². The van der Waals surface area contributed by atoms with Crippen molar-refractivity contribution >= 4 is 6.34 Å². The molecule has 0 aliphatic carbocycles. The van der Waals surface area contributed by atoms with Crippen molar-refractivity contribution < 1.29 is 0 Å². The minimum absolute atomic E-state index is 0.510. The SMILES string of the molecule is C1=NNCN=N1. The summed E-state index contributed by atoms with van der Waals surface area (Å²) in [6.45, 7) is 0.510. The number of azo groups is 1. The molecule has 0 unspecified atom stereocenters. The number of hydrogen-bond acceptors (Lipinski definition) is 4. The van der Waals surface area contributed by atoms with E-state index in [4.69, 9.17) is 0 Å². The highest BCUT2D eigenvalue weighted by Crippen LogP contribution is 1.73. The molecule has 6 heavy (non-hydrogen) atoms. The lowest BCUT2D eigenvalue weighted by Crippen LogP contribution is -2.06. The number of nitrogens with zero attached hydrogens (tertiary/aromatic N) is 3. The molecule has 0 bridgehead atoms. The molecule has 4 nitrogen and oxygen atoms in total. The van der Waals surface area contributed by atoms with Gasteiger partial charge in [0.25, 0.3) is 0 Å². The van der Waals surface area contributed by atoms with E-state index in [0.717, 1.165) is 0 Å². The van der Waals surface area contributed by atoms with E-state index in [1.807, 2.05) is 0 Å². The van der Waals surface area contributed by atoms with Crippen LogP contribution < -0.4 is 5.43 Å². The zero-order valence-electron chi connectivity index (χ0n) is 3.13. The molecule has 0 saturated carbocycles. The van der Waals surface area contributed by atoms with Gasteiger partial charge in [-0.2, -0.15) is 10.2 Å². The Bertz CT molecular complexity index is 71.5. The van der Waals surface area contributed by atoms with Crippen molar-refractivity contribution in [2.75, 3.05) is 6.67 Å². The molecule has 1 rings (SSSR count). The van der Waals surface area contributed by atoms with Crippen molar-refractivity contribution in [1.82, 2.24) is 5.43 Å². The van der Waals surface area contributed by atoms with Gasteiger partial charge in [-0.05, 0) is 0 Å². The average molecular weight is 84.1 g/mol. The fraction of sp³-hybridized carbons (Fsp3) is 0.500. The summed E-state index contributed by atoms with van der Waals surface area (Å²) in [5.74, 6) is 0. The molecule has 32 valence electrons. The Balaban J connectivity index is 2.46. The summed E-state index contributed by atoms with van der Waals surface area (Å²) in [5.41, 5.74) is 2.59. The van der Waals surface area contributed by atoms with E-state index in [0.29, 0.717) is 6.67 Å². The first kappa shape index (κ1) is 3.27. The van der Waals surface area contributed by atoms with Crippen LogP contribution >= 0.6 is 0 Å². The third-order valence-corrected chi connectivity index (χ3v) is 0.424. The second-order valence-electron chi connectivity index (χ2n) is 0.818. The lowest BCUT2D eigenvalue weighted by atomic mass is 11.1. The van der Waals surface area contributed by atoms with Gasteiger partial charge >= 0.3 is 0 Å². The minimum Gasteiger partial charge on any atom is -0.285 e. The van der Waals surface area contributed by atoms with E-state index in [9.17, 15) is 0 Å². The Morgan fingerprint density at radius 1 is 1.67 bits per heavy atom. The van der Waals surface area contributed by atoms with Gasteiger partial charge in [0.1, 0.15) is 6.67 Å². The van der Waals surface area contributed by atoms with Gasteiger partial charge < -0.3 is 0 Å². The molecule has 0 amide bonds. The zero-order chi connectivity index (χ0) is 4.24. The predicted molar refractivity (Wildman–Crippen MR) is 21.4 cm³/mol. The summed E-state index contributed by atoms with van der Waals surface area (Å²) in [6.07, 6.45) is 1.36. The molecule has 0 fully saturated rings. The van der Waals surface area contributed by atoms with Crippen molar-refractivity contribution in [1.29, 1.82) is 0 Å². The Hall–Kier alpha value is -0.930. The molecule has 0 aromatic rings. The van der Waals surface area contributed by atoms with Gasteiger partial charge in [0.2, 0.25) is 0 Å². The summed E-state index contributed by atoms with van der Waals surface area (Å²) >= 11 is 0. The zero-order valence-corrected chi connectivity index (χ0v) is 3.13. The Kier molecular flexibility index (Phi) is 0.813. The molecular weight excluding hydrogens is 80.1 g/mol. The predicted octanol–water partition coefficient (Wildman–Crippen LogP) is -0.0574. The second-order valence-corrected chi connectivity index (χ2v) is 0.818. The summed E-state index contributed by atoms with van der Waals surface area (Å²) < 4.78 is 0. The van der Waals surface area contributed by atoms with Gasteiger partial charge in [-0.15, -0.1) is 5.11 Å². The monoisotopic (exact) mass is 84.0 g/mol. The van der Waals surface area contributed by atoms with Crippen LogP contribution in [0.2, 0.25) is 0 Å². The van der Waals surface area contributed by atoms with E-state index in [1.54, 1.807) is 0 Å². The molecule has 1 aliphatic heterocycles. The fourth-order valence-electron chi connectivity index (χ4n) is 0.216. The molecular formula is C2H4N4. The molecule has 1 aliphatic rings. The number of hydrazone groups is 1. The van der Waals surface area contributed by atoms with E-state index < -0.39 is 0 Å². The highest BCUT2D eigenvalue weighted by molar-refractivity contribution is 5.54. The van der Waals surface area contributed by atoms with Crippen LogP contribution in [0.1, 0.15) is 0 Å². The molecule has 0 radical (unpaired) electrons. The minimum atomic E-state index is 0.510. The van der Waals surface area contributed by atoms with Crippen LogP contribution in [0.5, 0.6) is 0 Å². The summed E-state index contributed by atoms with van der Waals surface area (Å²) in [7, 11) is 0. The maximum Gasteiger partial charge on any atom is 0.157 e. The van der Waals surface area contributed by atoms with Crippen molar-refractivity contribution in [3.63, 3.8) is 0 Å². The van der Waals surface area contributed by atoms with E-state index in [-0.39, 0.29) is 0 Å². The highest BCUT2D eigenvalue weighted by Gasteiger charge is 1.76. The van der Waals surface area contributed by atoms with Crippen LogP contribution in [0.25, 0.3) is 0 Å². The Labute approximate surface area is 35.0 Å². The van der Waals surface area contributed by atoms with Crippen LogP contribution in [0.3, 0.4) is 0 Å². The third kappa shape index (κ3) is 0.512. The number of nitrogens with one attached hydrogen (secondary N) is 1. The maximum atomic E-state index is 3.54. The van der Waals surface area contributed by atoms with Gasteiger partial charge in [0, 0.05) is 0 Å². The molecule has 0 saturated heterocycles. The Morgan fingerprint density at radius 2 is 2.67 bits per heavy atom. The van der Waals surface area contributed by atoms with Crippen molar-refractivity contribution in [3.8, 4) is 0 Å². The van der Waals surface area contributed by atoms with Crippen molar-refractivity contribution in [2.24, 2.45) is 15.3 Å². The van der Waals surface area contributed by atoms with Gasteiger partial charge in [-0.25, -0.2) is 0 Å².